The van der Waals surface area contributed by atoms with E-state index in [2.05, 4.69) is 34.6 Å². The SMILES string of the molecule is CCCCCCCCCCOC(=O)C(CC(C)CC(C)(C)C)C(=O)c1c(OC)cccc1OC.O=[PH2+]. The minimum Gasteiger partial charge on any atom is -0.496 e. The van der Waals surface area contributed by atoms with E-state index in [1.807, 2.05) is 0 Å². The molecule has 0 saturated carbocycles. The predicted molar refractivity (Wildman–Crippen MR) is 149 cm³/mol. The molecule has 0 aliphatic rings. The highest BCUT2D eigenvalue weighted by Crippen LogP contribution is 2.35. The Labute approximate surface area is 221 Å². The van der Waals surface area contributed by atoms with Gasteiger partial charge in [-0.1, -0.05) is 90.2 Å². The predicted octanol–water partition coefficient (Wildman–Crippen LogP) is 7.86. The Kier molecular flexibility index (Phi) is 18.2. The molecule has 3 atom stereocenters. The lowest BCUT2D eigenvalue weighted by molar-refractivity contribution is -0.147. The minimum absolute atomic E-state index is 0.107. The second kappa shape index (κ2) is 19.2. The smallest absolute Gasteiger partial charge is 0.316 e. The minimum atomic E-state index is -0.878. The van der Waals surface area contributed by atoms with Crippen molar-refractivity contribution in [2.45, 2.75) is 98.8 Å². The Bertz CT molecular complexity index is 736. The van der Waals surface area contributed by atoms with Gasteiger partial charge in [-0.25, -0.2) is 0 Å². The number of benzene rings is 1. The molecule has 36 heavy (non-hydrogen) atoms. The zero-order valence-electron chi connectivity index (χ0n) is 23.7. The zero-order chi connectivity index (χ0) is 27.6. The average molecular weight is 526 g/mol. The van der Waals surface area contributed by atoms with Gasteiger partial charge in [0.1, 0.15) is 23.0 Å². The van der Waals surface area contributed by atoms with Crippen molar-refractivity contribution in [2.24, 2.45) is 17.3 Å². The van der Waals surface area contributed by atoms with Crippen molar-refractivity contribution in [2.75, 3.05) is 20.8 Å². The summed E-state index contributed by atoms with van der Waals surface area (Å²) in [6.45, 7) is 11.2. The fourth-order valence-electron chi connectivity index (χ4n) is 4.62. The maximum atomic E-state index is 13.6. The number of methoxy groups -OCH3 is 2. The summed E-state index contributed by atoms with van der Waals surface area (Å²) in [7, 11) is 4.20. The normalized spacial score (nSPS) is 12.6. The third kappa shape index (κ3) is 13.4. The second-order valence-electron chi connectivity index (χ2n) is 10.7. The van der Waals surface area contributed by atoms with E-state index >= 15 is 0 Å². The van der Waals surface area contributed by atoms with Crippen molar-refractivity contribution in [3.63, 3.8) is 0 Å². The van der Waals surface area contributed by atoms with Crippen LogP contribution in [0, 0.1) is 17.3 Å². The van der Waals surface area contributed by atoms with Crippen LogP contribution in [0.3, 0.4) is 0 Å². The number of esters is 1. The monoisotopic (exact) mass is 525 g/mol. The highest BCUT2D eigenvalue weighted by atomic mass is 31.0. The first-order chi connectivity index (χ1) is 17.1. The molecule has 0 radical (unpaired) electrons. The van der Waals surface area contributed by atoms with E-state index in [1.54, 1.807) is 18.2 Å². The van der Waals surface area contributed by atoms with Gasteiger partial charge < -0.3 is 14.2 Å². The quantitative estimate of drug-likeness (QED) is 0.0677. The molecule has 6 nitrogen and oxygen atoms in total. The Morgan fingerprint density at radius 2 is 1.39 bits per heavy atom. The second-order valence-corrected chi connectivity index (χ2v) is 10.7. The lowest BCUT2D eigenvalue weighted by atomic mass is 9.80. The Morgan fingerprint density at radius 1 is 0.889 bits per heavy atom. The summed E-state index contributed by atoms with van der Waals surface area (Å²) in [5.41, 5.74) is 0.417. The highest BCUT2D eigenvalue weighted by molar-refractivity contribution is 7.00. The van der Waals surface area contributed by atoms with Gasteiger partial charge in [0.2, 0.25) is 0 Å². The summed E-state index contributed by atoms with van der Waals surface area (Å²) in [6.07, 6.45) is 10.7. The van der Waals surface area contributed by atoms with Crippen LogP contribution in [0.1, 0.15) is 109 Å². The van der Waals surface area contributed by atoms with Crippen molar-refractivity contribution in [3.8, 4) is 11.5 Å². The van der Waals surface area contributed by atoms with Gasteiger partial charge in [-0.05, 0) is 42.7 Å². The Morgan fingerprint density at radius 3 is 1.86 bits per heavy atom. The van der Waals surface area contributed by atoms with Crippen LogP contribution >= 0.6 is 9.12 Å². The average Bonchev–Trinajstić information content (AvgIpc) is 2.85. The van der Waals surface area contributed by atoms with E-state index in [4.69, 9.17) is 18.8 Å². The molecular formula is C29H50O6P+. The van der Waals surface area contributed by atoms with Crippen LogP contribution in [0.25, 0.3) is 0 Å². The number of hydrogen-bond donors (Lipinski definition) is 0. The van der Waals surface area contributed by atoms with Gasteiger partial charge in [0, 0.05) is 0 Å². The van der Waals surface area contributed by atoms with E-state index in [-0.39, 0.29) is 17.1 Å². The molecule has 1 rings (SSSR count). The molecule has 0 bridgehead atoms. The van der Waals surface area contributed by atoms with Gasteiger partial charge in [-0.15, -0.1) is 0 Å². The number of ether oxygens (including phenoxy) is 3. The molecule has 0 saturated heterocycles. The molecule has 7 heteroatoms. The van der Waals surface area contributed by atoms with E-state index in [0.29, 0.717) is 30.1 Å². The van der Waals surface area contributed by atoms with Crippen molar-refractivity contribution < 1.29 is 28.4 Å². The summed E-state index contributed by atoms with van der Waals surface area (Å²) >= 11 is 0. The number of ketones is 1. The summed E-state index contributed by atoms with van der Waals surface area (Å²) in [5.74, 6) is -0.609. The maximum Gasteiger partial charge on any atom is 0.316 e. The molecule has 1 aromatic rings. The number of rotatable bonds is 17. The first kappa shape index (κ1) is 34.1. The van der Waals surface area contributed by atoms with Gasteiger partial charge in [0.25, 0.3) is 0 Å². The molecule has 0 amide bonds. The summed E-state index contributed by atoms with van der Waals surface area (Å²) in [4.78, 5) is 26.8. The van der Waals surface area contributed by atoms with Crippen LogP contribution in [0.4, 0.5) is 0 Å². The van der Waals surface area contributed by atoms with Crippen molar-refractivity contribution in [1.82, 2.24) is 0 Å². The van der Waals surface area contributed by atoms with Crippen molar-refractivity contribution in [1.29, 1.82) is 0 Å². The summed E-state index contributed by atoms with van der Waals surface area (Å²) in [6, 6.07) is 5.21. The number of carbonyl (C=O) groups excluding carboxylic acids is 2. The van der Waals surface area contributed by atoms with Crippen LogP contribution in [0.2, 0.25) is 0 Å². The van der Waals surface area contributed by atoms with Crippen LogP contribution in [0.15, 0.2) is 18.2 Å². The first-order valence-corrected chi connectivity index (χ1v) is 13.8. The lowest BCUT2D eigenvalue weighted by Crippen LogP contribution is -2.30. The van der Waals surface area contributed by atoms with Crippen LogP contribution in [-0.2, 0) is 14.1 Å². The molecule has 0 aliphatic heterocycles. The standard InChI is InChI=1S/C29H48O5.H2OP/c1-8-9-10-11-12-13-14-15-19-34-28(31)23(20-22(2)21-29(3,4)5)27(30)26-24(32-6)17-16-18-25(26)33-7;1-2/h16-18,22-23H,8-15,19-21H2,1-7H3;2H2/q;+1. The fraction of sp³-hybridized carbons (Fsp3) is 0.724. The lowest BCUT2D eigenvalue weighted by Gasteiger charge is -2.26. The zero-order valence-corrected chi connectivity index (χ0v) is 24.8. The molecular weight excluding hydrogens is 475 g/mol. The van der Waals surface area contributed by atoms with E-state index in [1.165, 1.54) is 55.4 Å². The van der Waals surface area contributed by atoms with Crippen molar-refractivity contribution >= 4 is 20.9 Å². The van der Waals surface area contributed by atoms with Crippen LogP contribution in [-0.4, -0.2) is 32.6 Å². The van der Waals surface area contributed by atoms with Crippen molar-refractivity contribution in [3.05, 3.63) is 23.8 Å². The molecule has 0 aromatic heterocycles. The topological polar surface area (TPSA) is 78.9 Å². The summed E-state index contributed by atoms with van der Waals surface area (Å²) in [5, 5.41) is 0. The van der Waals surface area contributed by atoms with Gasteiger partial charge in [0.15, 0.2) is 5.78 Å². The molecule has 0 spiro atoms. The molecule has 1 aromatic carbocycles. The van der Waals surface area contributed by atoms with E-state index in [0.717, 1.165) is 25.7 Å². The van der Waals surface area contributed by atoms with Gasteiger partial charge in [-0.2, -0.15) is 0 Å². The third-order valence-electron chi connectivity index (χ3n) is 6.12. The molecule has 0 fully saturated rings. The number of Topliss-reactive ketones (excluding diaryl/α,β-unsaturated/α-hetero) is 1. The Hall–Kier alpha value is -1.94. The molecule has 206 valence electrons. The first-order valence-electron chi connectivity index (χ1n) is 13.3. The number of unbranched alkanes of at least 4 members (excludes halogenated alkanes) is 7. The van der Waals surface area contributed by atoms with Crippen LogP contribution < -0.4 is 9.47 Å². The van der Waals surface area contributed by atoms with Crippen LogP contribution in [0.5, 0.6) is 11.5 Å². The highest BCUT2D eigenvalue weighted by Gasteiger charge is 2.35. The number of carbonyl (C=O) groups is 2. The molecule has 0 aliphatic carbocycles. The van der Waals surface area contributed by atoms with E-state index in [9.17, 15) is 9.59 Å². The maximum absolute atomic E-state index is 13.6. The van der Waals surface area contributed by atoms with Gasteiger partial charge in [0.05, 0.1) is 20.8 Å². The molecule has 0 N–H and O–H groups in total. The largest absolute Gasteiger partial charge is 0.496 e. The van der Waals surface area contributed by atoms with Gasteiger partial charge >= 0.3 is 15.1 Å². The summed E-state index contributed by atoms with van der Waals surface area (Å²) < 4.78 is 24.7. The third-order valence-corrected chi connectivity index (χ3v) is 6.12. The molecule has 0 heterocycles. The fourth-order valence-corrected chi connectivity index (χ4v) is 4.62. The Balaban J connectivity index is 0.00000596. The van der Waals surface area contributed by atoms with Gasteiger partial charge in [-0.3, -0.25) is 9.59 Å². The number of hydrogen-bond acceptors (Lipinski definition) is 6. The van der Waals surface area contributed by atoms with E-state index < -0.39 is 11.9 Å². The molecule has 3 unspecified atom stereocenters.